The van der Waals surface area contributed by atoms with Crippen molar-refractivity contribution in [3.05, 3.63) is 0 Å². The summed E-state index contributed by atoms with van der Waals surface area (Å²) in [6.45, 7) is 4.00. The molecule has 0 aromatic rings. The molecule has 0 heterocycles. The van der Waals surface area contributed by atoms with Gasteiger partial charge < -0.3 is 34.8 Å². The molecule has 124 valence electrons. The van der Waals surface area contributed by atoms with Crippen molar-refractivity contribution in [3.8, 4) is 0 Å². The predicted molar refractivity (Wildman–Crippen MR) is 72.3 cm³/mol. The Balaban J connectivity index is 0. The number of carbonyl (C=O) groups excluding carboxylic acids is 3. The third-order valence-electron chi connectivity index (χ3n) is 2.12. The number of esters is 1. The molecule has 21 heavy (non-hydrogen) atoms. The molecule has 8 nitrogen and oxygen atoms in total. The second-order valence-electron chi connectivity index (χ2n) is 4.48. The van der Waals surface area contributed by atoms with E-state index < -0.39 is 37.0 Å². The van der Waals surface area contributed by atoms with Crippen molar-refractivity contribution in [2.45, 2.75) is 58.0 Å². The van der Waals surface area contributed by atoms with Crippen molar-refractivity contribution in [1.29, 1.82) is 0 Å². The number of aldehydes is 1. The van der Waals surface area contributed by atoms with E-state index in [0.717, 1.165) is 0 Å². The minimum atomic E-state index is -1.76. The van der Waals surface area contributed by atoms with E-state index in [1.807, 2.05) is 0 Å². The summed E-state index contributed by atoms with van der Waals surface area (Å²) in [6.07, 6.45) is -6.05. The first-order valence-corrected chi connectivity index (χ1v) is 6.48. The lowest BCUT2D eigenvalue weighted by Gasteiger charge is -2.27. The average molecular weight is 308 g/mol. The quantitative estimate of drug-likeness (QED) is 0.316. The monoisotopic (exact) mass is 308 g/mol. The lowest BCUT2D eigenvalue weighted by molar-refractivity contribution is -0.174. The van der Waals surface area contributed by atoms with Crippen molar-refractivity contribution >= 4 is 18.0 Å². The highest BCUT2D eigenvalue weighted by Crippen LogP contribution is 2.10. The Labute approximate surface area is 123 Å². The van der Waals surface area contributed by atoms with Crippen molar-refractivity contribution < 1.29 is 39.5 Å². The number of ketones is 1. The van der Waals surface area contributed by atoms with E-state index in [1.165, 1.54) is 13.8 Å². The zero-order valence-corrected chi connectivity index (χ0v) is 12.4. The van der Waals surface area contributed by atoms with Crippen LogP contribution in [0, 0.1) is 0 Å². The van der Waals surface area contributed by atoms with E-state index in [-0.39, 0.29) is 18.5 Å². The van der Waals surface area contributed by atoms with Crippen molar-refractivity contribution in [3.63, 3.8) is 0 Å². The van der Waals surface area contributed by atoms with Crippen LogP contribution in [0.25, 0.3) is 0 Å². The molecular formula is C13H24O8. The van der Waals surface area contributed by atoms with E-state index in [1.54, 1.807) is 6.92 Å². The zero-order valence-electron chi connectivity index (χ0n) is 12.4. The van der Waals surface area contributed by atoms with Gasteiger partial charge in [0.25, 0.3) is 0 Å². The molecule has 0 aliphatic heterocycles. The Hall–Kier alpha value is -1.35. The van der Waals surface area contributed by atoms with Gasteiger partial charge in [-0.1, -0.05) is 6.92 Å². The number of hydrogen-bond donors (Lipinski definition) is 4. The van der Waals surface area contributed by atoms with Crippen molar-refractivity contribution in [2.24, 2.45) is 0 Å². The maximum Gasteiger partial charge on any atom is 0.306 e. The van der Waals surface area contributed by atoms with E-state index in [2.05, 4.69) is 4.74 Å². The van der Waals surface area contributed by atoms with Gasteiger partial charge in [0.1, 0.15) is 24.1 Å². The van der Waals surface area contributed by atoms with Crippen LogP contribution in [0.3, 0.4) is 0 Å². The topological polar surface area (TPSA) is 141 Å². The number of hydrogen-bond acceptors (Lipinski definition) is 8. The number of Topliss-reactive ketones (excluding diaryl/α,β-unsaturated/α-hetero) is 1. The first-order valence-electron chi connectivity index (χ1n) is 6.48. The SMILES string of the molecule is CC(C)=O.CCCC(=O)OC(C(O)C=O)C(O)C(O)CO. The van der Waals surface area contributed by atoms with Crippen LogP contribution in [-0.4, -0.2) is 69.5 Å². The molecule has 4 N–H and O–H groups in total. The molecular weight excluding hydrogens is 284 g/mol. The smallest absolute Gasteiger partial charge is 0.306 e. The molecule has 0 saturated carbocycles. The third-order valence-corrected chi connectivity index (χ3v) is 2.12. The maximum atomic E-state index is 11.2. The Bertz CT molecular complexity index is 313. The summed E-state index contributed by atoms with van der Waals surface area (Å²) in [5, 5.41) is 36.5. The van der Waals surface area contributed by atoms with Crippen LogP contribution >= 0.6 is 0 Å². The van der Waals surface area contributed by atoms with Crippen molar-refractivity contribution in [2.75, 3.05) is 6.61 Å². The lowest BCUT2D eigenvalue weighted by atomic mass is 10.0. The lowest BCUT2D eigenvalue weighted by Crippen LogP contribution is -2.48. The number of rotatable bonds is 8. The molecule has 4 unspecified atom stereocenters. The van der Waals surface area contributed by atoms with Crippen LogP contribution in [0.2, 0.25) is 0 Å². The third kappa shape index (κ3) is 11.0. The molecule has 0 aliphatic carbocycles. The van der Waals surface area contributed by atoms with Gasteiger partial charge in [0, 0.05) is 6.42 Å². The average Bonchev–Trinajstić information content (AvgIpc) is 2.42. The number of ether oxygens (including phenoxy) is 1. The highest BCUT2D eigenvalue weighted by molar-refractivity contribution is 5.72. The van der Waals surface area contributed by atoms with Gasteiger partial charge in [-0.25, -0.2) is 0 Å². The molecule has 0 amide bonds. The van der Waals surface area contributed by atoms with Gasteiger partial charge in [-0.2, -0.15) is 0 Å². The molecule has 0 aromatic heterocycles. The zero-order chi connectivity index (χ0) is 17.0. The summed E-state index contributed by atoms with van der Waals surface area (Å²) in [4.78, 5) is 31.0. The van der Waals surface area contributed by atoms with Gasteiger partial charge in [0.2, 0.25) is 0 Å². The highest BCUT2D eigenvalue weighted by Gasteiger charge is 2.34. The molecule has 0 aromatic carbocycles. The second kappa shape index (κ2) is 12.4. The summed E-state index contributed by atoms with van der Waals surface area (Å²) in [7, 11) is 0. The summed E-state index contributed by atoms with van der Waals surface area (Å²) < 4.78 is 4.69. The van der Waals surface area contributed by atoms with Crippen LogP contribution in [0.1, 0.15) is 33.6 Å². The van der Waals surface area contributed by atoms with Gasteiger partial charge in [-0.05, 0) is 20.3 Å². The normalized spacial score (nSPS) is 15.8. The van der Waals surface area contributed by atoms with E-state index in [9.17, 15) is 24.6 Å². The van der Waals surface area contributed by atoms with Gasteiger partial charge in [-0.15, -0.1) is 0 Å². The fraction of sp³-hybridized carbons (Fsp3) is 0.769. The van der Waals surface area contributed by atoms with Crippen LogP contribution < -0.4 is 0 Å². The largest absolute Gasteiger partial charge is 0.456 e. The van der Waals surface area contributed by atoms with E-state index >= 15 is 0 Å². The van der Waals surface area contributed by atoms with Crippen LogP contribution in [0.4, 0.5) is 0 Å². The predicted octanol–water partition coefficient (Wildman–Crippen LogP) is -1.43. The van der Waals surface area contributed by atoms with Crippen LogP contribution in [-0.2, 0) is 19.1 Å². The number of carbonyl (C=O) groups is 3. The van der Waals surface area contributed by atoms with E-state index in [4.69, 9.17) is 10.2 Å². The van der Waals surface area contributed by atoms with Crippen molar-refractivity contribution in [1.82, 2.24) is 0 Å². The number of aliphatic hydroxyl groups is 4. The minimum absolute atomic E-state index is 0.0595. The first kappa shape index (κ1) is 21.9. The standard InChI is InChI=1S/C10H18O7.C3H6O/c1-2-3-8(15)17-10(7(14)5-12)9(16)6(13)4-11;1-3(2)4/h5-7,9-11,13-14,16H,2-4H2,1H3;1-2H3. The molecule has 0 saturated heterocycles. The van der Waals surface area contributed by atoms with Gasteiger partial charge in [0.05, 0.1) is 6.61 Å². The number of aliphatic hydroxyl groups excluding tert-OH is 4. The Morgan fingerprint density at radius 3 is 2.00 bits per heavy atom. The molecule has 0 bridgehead atoms. The second-order valence-corrected chi connectivity index (χ2v) is 4.48. The van der Waals surface area contributed by atoms with Gasteiger partial charge in [0.15, 0.2) is 12.4 Å². The Morgan fingerprint density at radius 1 is 1.19 bits per heavy atom. The molecule has 0 spiro atoms. The highest BCUT2D eigenvalue weighted by atomic mass is 16.6. The van der Waals surface area contributed by atoms with Gasteiger partial charge in [-0.3, -0.25) is 4.79 Å². The Morgan fingerprint density at radius 2 is 1.67 bits per heavy atom. The molecule has 0 rings (SSSR count). The molecule has 0 aliphatic rings. The van der Waals surface area contributed by atoms with Crippen LogP contribution in [0.5, 0.6) is 0 Å². The minimum Gasteiger partial charge on any atom is -0.456 e. The molecule has 4 atom stereocenters. The summed E-state index contributed by atoms with van der Waals surface area (Å²) >= 11 is 0. The fourth-order valence-corrected chi connectivity index (χ4v) is 1.16. The molecule has 0 radical (unpaired) electrons. The summed E-state index contributed by atoms with van der Waals surface area (Å²) in [5.41, 5.74) is 0. The fourth-order valence-electron chi connectivity index (χ4n) is 1.16. The van der Waals surface area contributed by atoms with Gasteiger partial charge >= 0.3 is 5.97 Å². The Kier molecular flexibility index (Phi) is 12.9. The first-order chi connectivity index (χ1) is 9.70. The maximum absolute atomic E-state index is 11.2. The molecule has 8 heteroatoms. The van der Waals surface area contributed by atoms with Crippen LogP contribution in [0.15, 0.2) is 0 Å². The summed E-state index contributed by atoms with van der Waals surface area (Å²) in [6, 6.07) is 0. The molecule has 0 fully saturated rings. The summed E-state index contributed by atoms with van der Waals surface area (Å²) in [5.74, 6) is -0.539. The van der Waals surface area contributed by atoms with E-state index in [0.29, 0.717) is 6.42 Å².